The number of ether oxygens (including phenoxy) is 2. The van der Waals surface area contributed by atoms with Crippen molar-refractivity contribution in [2.45, 2.75) is 18.6 Å². The zero-order valence-electron chi connectivity index (χ0n) is 20.5. The maximum Gasteiger partial charge on any atom is 0.258 e. The van der Waals surface area contributed by atoms with E-state index in [0.717, 1.165) is 11.3 Å². The molecule has 0 spiro atoms. The summed E-state index contributed by atoms with van der Waals surface area (Å²) in [5.41, 5.74) is 2.58. The first-order chi connectivity index (χ1) is 18.0. The summed E-state index contributed by atoms with van der Waals surface area (Å²) in [6.45, 7) is 2.03. The number of aryl methyl sites for hydroxylation is 1. The molecule has 0 fully saturated rings. The molecule has 190 valence electrons. The van der Waals surface area contributed by atoms with Crippen molar-refractivity contribution in [1.29, 1.82) is 0 Å². The molecule has 0 saturated heterocycles. The van der Waals surface area contributed by atoms with Gasteiger partial charge in [0, 0.05) is 11.4 Å². The van der Waals surface area contributed by atoms with Crippen molar-refractivity contribution < 1.29 is 19.1 Å². The zero-order chi connectivity index (χ0) is 26.0. The van der Waals surface area contributed by atoms with Crippen LogP contribution in [0.25, 0.3) is 5.69 Å². The van der Waals surface area contributed by atoms with Crippen molar-refractivity contribution in [2.75, 3.05) is 24.8 Å². The van der Waals surface area contributed by atoms with E-state index in [2.05, 4.69) is 20.8 Å². The van der Waals surface area contributed by atoms with Crippen LogP contribution in [0.15, 0.2) is 84.0 Å². The molecule has 0 saturated carbocycles. The van der Waals surface area contributed by atoms with Crippen LogP contribution in [0.4, 0.5) is 5.69 Å². The van der Waals surface area contributed by atoms with Gasteiger partial charge in [0.05, 0.1) is 19.4 Å². The smallest absolute Gasteiger partial charge is 0.258 e. The molecule has 4 aromatic rings. The quantitative estimate of drug-likeness (QED) is 0.290. The van der Waals surface area contributed by atoms with Crippen molar-refractivity contribution in [3.8, 4) is 17.2 Å². The van der Waals surface area contributed by atoms with E-state index >= 15 is 0 Å². The number of carbonyl (C=O) groups excluding carboxylic acids is 2. The summed E-state index contributed by atoms with van der Waals surface area (Å²) in [6, 6.07) is 24.1. The second-order valence-corrected chi connectivity index (χ2v) is 8.96. The molecule has 0 atom stereocenters. The molecule has 9 nitrogen and oxygen atoms in total. The molecular formula is C27H27N5O4S. The van der Waals surface area contributed by atoms with Crippen LogP contribution < -0.4 is 20.1 Å². The van der Waals surface area contributed by atoms with Gasteiger partial charge in [-0.25, -0.2) is 0 Å². The maximum absolute atomic E-state index is 12.6. The number of rotatable bonds is 11. The zero-order valence-corrected chi connectivity index (χ0v) is 21.3. The lowest BCUT2D eigenvalue weighted by Gasteiger charge is -2.12. The van der Waals surface area contributed by atoms with Crippen LogP contribution in [0.3, 0.4) is 0 Å². The van der Waals surface area contributed by atoms with E-state index in [1.807, 2.05) is 54.0 Å². The van der Waals surface area contributed by atoms with Gasteiger partial charge in [-0.1, -0.05) is 42.1 Å². The second kappa shape index (κ2) is 12.6. The molecule has 2 N–H and O–H groups in total. The highest BCUT2D eigenvalue weighted by molar-refractivity contribution is 7.99. The lowest BCUT2D eigenvalue weighted by molar-refractivity contribution is -0.123. The minimum atomic E-state index is -0.282. The fourth-order valence-corrected chi connectivity index (χ4v) is 4.20. The third kappa shape index (κ3) is 7.34. The van der Waals surface area contributed by atoms with Gasteiger partial charge in [-0.3, -0.25) is 14.2 Å². The molecule has 4 rings (SSSR count). The van der Waals surface area contributed by atoms with E-state index < -0.39 is 0 Å². The Bertz CT molecular complexity index is 1340. The highest BCUT2D eigenvalue weighted by Crippen LogP contribution is 2.23. The molecule has 2 amide bonds. The van der Waals surface area contributed by atoms with Crippen molar-refractivity contribution in [2.24, 2.45) is 0 Å². The monoisotopic (exact) mass is 517 g/mol. The van der Waals surface area contributed by atoms with E-state index in [1.165, 1.54) is 11.8 Å². The summed E-state index contributed by atoms with van der Waals surface area (Å²) in [4.78, 5) is 24.9. The molecule has 10 heteroatoms. The molecule has 0 radical (unpaired) electrons. The van der Waals surface area contributed by atoms with E-state index in [0.29, 0.717) is 28.2 Å². The van der Waals surface area contributed by atoms with Crippen molar-refractivity contribution >= 4 is 29.3 Å². The van der Waals surface area contributed by atoms with Gasteiger partial charge in [0.25, 0.3) is 5.91 Å². The van der Waals surface area contributed by atoms with Gasteiger partial charge in [0.2, 0.25) is 5.91 Å². The Morgan fingerprint density at radius 1 is 0.919 bits per heavy atom. The van der Waals surface area contributed by atoms with Gasteiger partial charge in [-0.05, 0) is 61.0 Å². The van der Waals surface area contributed by atoms with Crippen LogP contribution in [0, 0.1) is 6.92 Å². The molecule has 1 aromatic heterocycles. The number of nitrogens with zero attached hydrogens (tertiary/aromatic N) is 3. The fourth-order valence-electron chi connectivity index (χ4n) is 3.43. The number of hydrogen-bond donors (Lipinski definition) is 2. The first-order valence-electron chi connectivity index (χ1n) is 11.5. The van der Waals surface area contributed by atoms with Crippen molar-refractivity contribution in [3.63, 3.8) is 0 Å². The molecule has 0 unspecified atom stereocenters. The number of aromatic nitrogens is 3. The topological polar surface area (TPSA) is 107 Å². The summed E-state index contributed by atoms with van der Waals surface area (Å²) in [5.74, 6) is 1.54. The summed E-state index contributed by atoms with van der Waals surface area (Å²) < 4.78 is 12.5. The predicted octanol–water partition coefficient (Wildman–Crippen LogP) is 4.01. The summed E-state index contributed by atoms with van der Waals surface area (Å²) in [6.07, 6.45) is 0. The van der Waals surface area contributed by atoms with Gasteiger partial charge in [-0.15, -0.1) is 10.2 Å². The second-order valence-electron chi connectivity index (χ2n) is 8.02. The van der Waals surface area contributed by atoms with Crippen molar-refractivity contribution in [3.05, 3.63) is 90.3 Å². The highest BCUT2D eigenvalue weighted by atomic mass is 32.2. The highest BCUT2D eigenvalue weighted by Gasteiger charge is 2.17. The summed E-state index contributed by atoms with van der Waals surface area (Å²) in [5, 5.41) is 14.8. The Morgan fingerprint density at radius 2 is 1.70 bits per heavy atom. The Labute approximate surface area is 219 Å². The van der Waals surface area contributed by atoms with Crippen molar-refractivity contribution in [1.82, 2.24) is 20.1 Å². The molecule has 0 aliphatic heterocycles. The van der Waals surface area contributed by atoms with Gasteiger partial charge in [0.15, 0.2) is 17.6 Å². The maximum atomic E-state index is 12.6. The van der Waals surface area contributed by atoms with Gasteiger partial charge < -0.3 is 20.1 Å². The first-order valence-corrected chi connectivity index (χ1v) is 12.5. The van der Waals surface area contributed by atoms with Crippen LogP contribution >= 0.6 is 11.8 Å². The average Bonchev–Trinajstić information content (AvgIpc) is 3.33. The number of thioether (sulfide) groups is 1. The number of hydrogen-bond acceptors (Lipinski definition) is 7. The average molecular weight is 518 g/mol. The van der Waals surface area contributed by atoms with E-state index in [-0.39, 0.29) is 30.7 Å². The van der Waals surface area contributed by atoms with Crippen LogP contribution in [-0.2, 0) is 16.1 Å². The normalized spacial score (nSPS) is 10.5. The molecule has 3 aromatic carbocycles. The Kier molecular flexibility index (Phi) is 8.77. The molecule has 0 aliphatic rings. The largest absolute Gasteiger partial charge is 0.497 e. The lowest BCUT2D eigenvalue weighted by atomic mass is 10.2. The third-order valence-electron chi connectivity index (χ3n) is 5.22. The Balaban J connectivity index is 1.41. The number of carbonyl (C=O) groups is 2. The first kappa shape index (κ1) is 25.8. The summed E-state index contributed by atoms with van der Waals surface area (Å²) in [7, 11) is 1.59. The van der Waals surface area contributed by atoms with E-state index in [1.54, 1.807) is 43.5 Å². The lowest BCUT2D eigenvalue weighted by Crippen LogP contribution is -2.29. The van der Waals surface area contributed by atoms with Gasteiger partial charge in [0.1, 0.15) is 11.5 Å². The molecule has 37 heavy (non-hydrogen) atoms. The Morgan fingerprint density at radius 3 is 2.43 bits per heavy atom. The summed E-state index contributed by atoms with van der Waals surface area (Å²) >= 11 is 1.26. The number of methoxy groups -OCH3 is 1. The van der Waals surface area contributed by atoms with Crippen LogP contribution in [-0.4, -0.2) is 46.0 Å². The number of nitrogens with one attached hydrogen (secondary N) is 2. The van der Waals surface area contributed by atoms with Crippen LogP contribution in [0.1, 0.15) is 11.4 Å². The van der Waals surface area contributed by atoms with Gasteiger partial charge >= 0.3 is 0 Å². The molecule has 1 heterocycles. The minimum absolute atomic E-state index is 0.115. The SMILES string of the molecule is COc1ccc(NC(=O)CSc2nnc(CNC(=O)COc3ccccc3)n2-c2cccc(C)c2)cc1. The number of benzene rings is 3. The third-order valence-corrected chi connectivity index (χ3v) is 6.15. The van der Waals surface area contributed by atoms with E-state index in [9.17, 15) is 9.59 Å². The number of para-hydroxylation sites is 1. The minimum Gasteiger partial charge on any atom is -0.497 e. The number of amides is 2. The number of anilines is 1. The molecule has 0 aliphatic carbocycles. The van der Waals surface area contributed by atoms with Gasteiger partial charge in [-0.2, -0.15) is 0 Å². The van der Waals surface area contributed by atoms with Crippen LogP contribution in [0.2, 0.25) is 0 Å². The predicted molar refractivity (Wildman–Crippen MR) is 142 cm³/mol. The molecular weight excluding hydrogens is 490 g/mol. The Hall–Kier alpha value is -4.31. The van der Waals surface area contributed by atoms with Crippen LogP contribution in [0.5, 0.6) is 11.5 Å². The fraction of sp³-hybridized carbons (Fsp3) is 0.185. The molecule has 0 bridgehead atoms. The van der Waals surface area contributed by atoms with E-state index in [4.69, 9.17) is 9.47 Å². The standard InChI is InChI=1S/C27H27N5O4S/c1-19-7-6-8-21(15-19)32-24(16-28-25(33)17-36-23-9-4-3-5-10-23)30-31-27(32)37-18-26(34)29-20-11-13-22(35-2)14-12-20/h3-15H,16-18H2,1-2H3,(H,28,33)(H,29,34).